The molecule has 0 aliphatic rings. The highest BCUT2D eigenvalue weighted by Gasteiger charge is 2.17. The van der Waals surface area contributed by atoms with Gasteiger partial charge in [-0.3, -0.25) is 0 Å². The third kappa shape index (κ3) is 4.18. The Kier molecular flexibility index (Phi) is 5.81. The lowest BCUT2D eigenvalue weighted by Gasteiger charge is -2.23. The van der Waals surface area contributed by atoms with Crippen molar-refractivity contribution in [2.75, 3.05) is 12.4 Å². The van der Waals surface area contributed by atoms with E-state index >= 15 is 0 Å². The van der Waals surface area contributed by atoms with Crippen LogP contribution in [0.1, 0.15) is 22.7 Å². The Labute approximate surface area is 159 Å². The maximum absolute atomic E-state index is 5.55. The van der Waals surface area contributed by atoms with Crippen molar-refractivity contribution in [3.63, 3.8) is 0 Å². The summed E-state index contributed by atoms with van der Waals surface area (Å²) in [6, 6.07) is 22.1. The summed E-state index contributed by atoms with van der Waals surface area (Å²) in [4.78, 5) is 4.30. The summed E-state index contributed by atoms with van der Waals surface area (Å²) in [6.07, 6.45) is 1.70. The molecular formula is C21H21N3OS. The number of ether oxygens (including phenoxy) is 1. The molecular weight excluding hydrogens is 342 g/mol. The molecule has 0 radical (unpaired) electrons. The van der Waals surface area contributed by atoms with Crippen LogP contribution in [0.3, 0.4) is 0 Å². The van der Waals surface area contributed by atoms with Crippen LogP contribution < -0.4 is 15.4 Å². The van der Waals surface area contributed by atoms with Gasteiger partial charge < -0.3 is 15.4 Å². The largest absolute Gasteiger partial charge is 0.493 e. The standard InChI is InChI=1S/C21H21N3OS/c1-15-9-6-7-12-17(15)19(16-10-4-3-5-11-16)23-21(26)24-20-18(25-2)13-8-14-22-20/h3-14,19H,1-2H3,(H2,22,23,24,26). The van der Waals surface area contributed by atoms with Crippen molar-refractivity contribution in [2.24, 2.45) is 0 Å². The van der Waals surface area contributed by atoms with E-state index in [2.05, 4.69) is 46.8 Å². The molecule has 0 fully saturated rings. The van der Waals surface area contributed by atoms with E-state index < -0.39 is 0 Å². The fourth-order valence-electron chi connectivity index (χ4n) is 2.82. The predicted molar refractivity (Wildman–Crippen MR) is 110 cm³/mol. The molecule has 1 heterocycles. The normalized spacial score (nSPS) is 11.5. The molecule has 0 amide bonds. The number of hydrogen-bond donors (Lipinski definition) is 2. The minimum Gasteiger partial charge on any atom is -0.493 e. The predicted octanol–water partition coefficient (Wildman–Crippen LogP) is 4.47. The van der Waals surface area contributed by atoms with Gasteiger partial charge in [-0.15, -0.1) is 0 Å². The van der Waals surface area contributed by atoms with E-state index in [1.54, 1.807) is 13.3 Å². The van der Waals surface area contributed by atoms with Gasteiger partial charge in [0.15, 0.2) is 16.7 Å². The first-order chi connectivity index (χ1) is 12.7. The lowest BCUT2D eigenvalue weighted by molar-refractivity contribution is 0.415. The Morgan fingerprint density at radius 2 is 1.73 bits per heavy atom. The summed E-state index contributed by atoms with van der Waals surface area (Å²) in [7, 11) is 1.61. The number of pyridine rings is 1. The Morgan fingerprint density at radius 1 is 1.00 bits per heavy atom. The van der Waals surface area contributed by atoms with Crippen molar-refractivity contribution in [3.8, 4) is 5.75 Å². The molecule has 26 heavy (non-hydrogen) atoms. The van der Waals surface area contributed by atoms with Gasteiger partial charge in [0.05, 0.1) is 13.2 Å². The molecule has 5 heteroatoms. The molecule has 3 aromatic rings. The lowest BCUT2D eigenvalue weighted by atomic mass is 9.95. The van der Waals surface area contributed by atoms with E-state index in [4.69, 9.17) is 17.0 Å². The van der Waals surface area contributed by atoms with Crippen LogP contribution in [-0.2, 0) is 0 Å². The number of anilines is 1. The molecule has 3 rings (SSSR count). The van der Waals surface area contributed by atoms with E-state index in [9.17, 15) is 0 Å². The Balaban J connectivity index is 1.86. The van der Waals surface area contributed by atoms with E-state index in [0.29, 0.717) is 16.7 Å². The van der Waals surface area contributed by atoms with E-state index in [0.717, 1.165) is 5.56 Å². The molecule has 2 N–H and O–H groups in total. The summed E-state index contributed by atoms with van der Waals surface area (Å²) >= 11 is 5.55. The highest BCUT2D eigenvalue weighted by atomic mass is 32.1. The number of aryl methyl sites for hydroxylation is 1. The molecule has 4 nitrogen and oxygen atoms in total. The van der Waals surface area contributed by atoms with Gasteiger partial charge in [-0.2, -0.15) is 0 Å². The lowest BCUT2D eigenvalue weighted by Crippen LogP contribution is -2.33. The van der Waals surface area contributed by atoms with Crippen molar-refractivity contribution in [1.29, 1.82) is 0 Å². The van der Waals surface area contributed by atoms with Gasteiger partial charge in [-0.25, -0.2) is 4.98 Å². The van der Waals surface area contributed by atoms with Crippen molar-refractivity contribution in [1.82, 2.24) is 10.3 Å². The number of benzene rings is 2. The van der Waals surface area contributed by atoms with Crippen LogP contribution in [0.25, 0.3) is 0 Å². The number of hydrogen-bond acceptors (Lipinski definition) is 3. The van der Waals surface area contributed by atoms with Crippen molar-refractivity contribution >= 4 is 23.1 Å². The van der Waals surface area contributed by atoms with Crippen LogP contribution in [0, 0.1) is 6.92 Å². The molecule has 0 aliphatic heterocycles. The molecule has 2 aromatic carbocycles. The number of nitrogens with one attached hydrogen (secondary N) is 2. The molecule has 132 valence electrons. The first kappa shape index (κ1) is 17.9. The van der Waals surface area contributed by atoms with Crippen molar-refractivity contribution < 1.29 is 4.74 Å². The zero-order chi connectivity index (χ0) is 18.4. The first-order valence-electron chi connectivity index (χ1n) is 8.36. The number of aromatic nitrogens is 1. The van der Waals surface area contributed by atoms with E-state index in [-0.39, 0.29) is 6.04 Å². The summed E-state index contributed by atoms with van der Waals surface area (Å²) in [6.45, 7) is 2.10. The minimum absolute atomic E-state index is 0.0629. The minimum atomic E-state index is -0.0629. The molecule has 0 bridgehead atoms. The van der Waals surface area contributed by atoms with Crippen LogP contribution in [-0.4, -0.2) is 17.2 Å². The fraction of sp³-hybridized carbons (Fsp3) is 0.143. The van der Waals surface area contributed by atoms with Gasteiger partial charge in [-0.1, -0.05) is 54.6 Å². The highest BCUT2D eigenvalue weighted by molar-refractivity contribution is 7.80. The second-order valence-corrected chi connectivity index (χ2v) is 6.26. The van der Waals surface area contributed by atoms with Gasteiger partial charge in [0.2, 0.25) is 0 Å². The molecule has 1 unspecified atom stereocenters. The average molecular weight is 363 g/mol. The van der Waals surface area contributed by atoms with Crippen molar-refractivity contribution in [2.45, 2.75) is 13.0 Å². The van der Waals surface area contributed by atoms with Crippen molar-refractivity contribution in [3.05, 3.63) is 89.6 Å². The number of thiocarbonyl (C=S) groups is 1. The van der Waals surface area contributed by atoms with Gasteiger partial charge in [0.1, 0.15) is 0 Å². The topological polar surface area (TPSA) is 46.2 Å². The van der Waals surface area contributed by atoms with Crippen LogP contribution in [0.15, 0.2) is 72.9 Å². The summed E-state index contributed by atoms with van der Waals surface area (Å²) in [5.74, 6) is 1.23. The van der Waals surface area contributed by atoms with E-state index in [1.807, 2.05) is 42.5 Å². The first-order valence-corrected chi connectivity index (χ1v) is 8.77. The molecule has 0 saturated carbocycles. The summed E-state index contributed by atoms with van der Waals surface area (Å²) in [5, 5.41) is 7.04. The maximum Gasteiger partial charge on any atom is 0.174 e. The smallest absolute Gasteiger partial charge is 0.174 e. The molecule has 0 aliphatic carbocycles. The molecule has 0 saturated heterocycles. The molecule has 1 aromatic heterocycles. The maximum atomic E-state index is 5.55. The Bertz CT molecular complexity index is 883. The van der Waals surface area contributed by atoms with Crippen LogP contribution in [0.4, 0.5) is 5.82 Å². The monoisotopic (exact) mass is 363 g/mol. The number of nitrogens with zero attached hydrogens (tertiary/aromatic N) is 1. The summed E-state index contributed by atoms with van der Waals surface area (Å²) in [5.41, 5.74) is 3.52. The zero-order valence-corrected chi connectivity index (χ0v) is 15.6. The number of rotatable bonds is 5. The Hall–Kier alpha value is -2.92. The van der Waals surface area contributed by atoms with Crippen LogP contribution in [0.2, 0.25) is 0 Å². The second kappa shape index (κ2) is 8.45. The Morgan fingerprint density at radius 3 is 2.46 bits per heavy atom. The van der Waals surface area contributed by atoms with Crippen LogP contribution >= 0.6 is 12.2 Å². The van der Waals surface area contributed by atoms with Gasteiger partial charge in [0.25, 0.3) is 0 Å². The third-order valence-electron chi connectivity index (χ3n) is 4.13. The molecule has 1 atom stereocenters. The zero-order valence-electron chi connectivity index (χ0n) is 14.8. The second-order valence-electron chi connectivity index (χ2n) is 5.85. The van der Waals surface area contributed by atoms with Gasteiger partial charge in [0, 0.05) is 6.20 Å². The van der Waals surface area contributed by atoms with Gasteiger partial charge in [-0.05, 0) is 48.0 Å². The molecule has 0 spiro atoms. The number of methoxy groups -OCH3 is 1. The quantitative estimate of drug-likeness (QED) is 0.655. The summed E-state index contributed by atoms with van der Waals surface area (Å²) < 4.78 is 5.33. The fourth-order valence-corrected chi connectivity index (χ4v) is 3.04. The average Bonchev–Trinajstić information content (AvgIpc) is 2.68. The highest BCUT2D eigenvalue weighted by Crippen LogP contribution is 2.25. The SMILES string of the molecule is COc1cccnc1NC(=S)NC(c1ccccc1)c1ccccc1C. The van der Waals surface area contributed by atoms with Crippen LogP contribution in [0.5, 0.6) is 5.75 Å². The van der Waals surface area contributed by atoms with Gasteiger partial charge >= 0.3 is 0 Å². The third-order valence-corrected chi connectivity index (χ3v) is 4.35. The van der Waals surface area contributed by atoms with E-state index in [1.165, 1.54) is 11.1 Å².